The van der Waals surface area contributed by atoms with E-state index in [1.54, 1.807) is 6.92 Å². The summed E-state index contributed by atoms with van der Waals surface area (Å²) in [4.78, 5) is 15.6. The van der Waals surface area contributed by atoms with E-state index in [0.29, 0.717) is 12.3 Å². The van der Waals surface area contributed by atoms with Crippen molar-refractivity contribution in [1.29, 1.82) is 0 Å². The summed E-state index contributed by atoms with van der Waals surface area (Å²) in [6, 6.07) is 9.97. The van der Waals surface area contributed by atoms with Gasteiger partial charge in [0.2, 0.25) is 11.6 Å². The van der Waals surface area contributed by atoms with Crippen LogP contribution in [0.5, 0.6) is 0 Å². The molecule has 2 rings (SSSR count). The summed E-state index contributed by atoms with van der Waals surface area (Å²) in [6.45, 7) is 2.01. The van der Waals surface area contributed by atoms with E-state index in [1.807, 2.05) is 30.3 Å². The molecule has 2 aromatic rings. The zero-order valence-electron chi connectivity index (χ0n) is 10.8. The lowest BCUT2D eigenvalue weighted by Crippen LogP contribution is -2.07. The molecule has 0 saturated heterocycles. The quantitative estimate of drug-likeness (QED) is 0.834. The molecule has 1 heterocycles. The van der Waals surface area contributed by atoms with Gasteiger partial charge in [-0.25, -0.2) is 9.78 Å². The molecule has 0 aliphatic carbocycles. The highest BCUT2D eigenvalue weighted by Crippen LogP contribution is 2.16. The maximum absolute atomic E-state index is 11.5. The number of hydrogen-bond donors (Lipinski definition) is 1. The van der Waals surface area contributed by atoms with Gasteiger partial charge in [-0.3, -0.25) is 0 Å². The minimum Gasteiger partial charge on any atom is -0.461 e. The summed E-state index contributed by atoms with van der Waals surface area (Å²) in [5.41, 5.74) is 6.85. The maximum atomic E-state index is 11.5. The number of nitrogen functional groups attached to an aromatic ring is 1. The van der Waals surface area contributed by atoms with Crippen molar-refractivity contribution >= 4 is 11.9 Å². The number of esters is 1. The molecule has 1 aromatic carbocycles. The summed E-state index contributed by atoms with van der Waals surface area (Å²) < 4.78 is 10.1. The normalized spacial score (nSPS) is 10.4. The molecule has 0 aliphatic rings. The van der Waals surface area contributed by atoms with Gasteiger partial charge in [0.15, 0.2) is 5.89 Å². The van der Waals surface area contributed by atoms with Gasteiger partial charge >= 0.3 is 5.97 Å². The summed E-state index contributed by atoms with van der Waals surface area (Å²) in [6.07, 6.45) is 1.37. The van der Waals surface area contributed by atoms with Crippen molar-refractivity contribution in [2.45, 2.75) is 19.8 Å². The fourth-order valence-corrected chi connectivity index (χ4v) is 1.73. The molecule has 5 nitrogen and oxygen atoms in total. The van der Waals surface area contributed by atoms with E-state index in [1.165, 1.54) is 5.56 Å². The van der Waals surface area contributed by atoms with Gasteiger partial charge in [0.25, 0.3) is 0 Å². The van der Waals surface area contributed by atoms with Crippen molar-refractivity contribution in [3.05, 3.63) is 47.5 Å². The van der Waals surface area contributed by atoms with Crippen LogP contribution in [0.15, 0.2) is 34.7 Å². The number of rotatable bonds is 5. The number of carbonyl (C=O) groups is 1. The van der Waals surface area contributed by atoms with Crippen LogP contribution < -0.4 is 5.73 Å². The Morgan fingerprint density at radius 2 is 2.05 bits per heavy atom. The third kappa shape index (κ3) is 3.34. The van der Waals surface area contributed by atoms with Crippen molar-refractivity contribution < 1.29 is 13.9 Å². The number of ether oxygens (including phenoxy) is 1. The average molecular weight is 260 g/mol. The van der Waals surface area contributed by atoms with Crippen molar-refractivity contribution in [3.8, 4) is 0 Å². The van der Waals surface area contributed by atoms with Gasteiger partial charge in [0, 0.05) is 6.42 Å². The smallest absolute Gasteiger partial charge is 0.362 e. The molecule has 5 heteroatoms. The number of anilines is 1. The summed E-state index contributed by atoms with van der Waals surface area (Å²) >= 11 is 0. The van der Waals surface area contributed by atoms with Crippen molar-refractivity contribution in [3.63, 3.8) is 0 Å². The number of nitrogens with zero attached hydrogens (tertiary/aromatic N) is 1. The van der Waals surface area contributed by atoms with Crippen LogP contribution in [0.2, 0.25) is 0 Å². The Morgan fingerprint density at radius 3 is 2.74 bits per heavy atom. The number of oxazole rings is 1. The molecule has 0 radical (unpaired) electrons. The number of benzene rings is 1. The Labute approximate surface area is 111 Å². The summed E-state index contributed by atoms with van der Waals surface area (Å²) in [5, 5.41) is 0. The lowest BCUT2D eigenvalue weighted by atomic mass is 10.1. The highest BCUT2D eigenvalue weighted by molar-refractivity contribution is 5.91. The number of aromatic nitrogens is 1. The third-order valence-corrected chi connectivity index (χ3v) is 2.64. The van der Waals surface area contributed by atoms with E-state index in [0.717, 1.165) is 6.42 Å². The van der Waals surface area contributed by atoms with Gasteiger partial charge in [-0.05, 0) is 18.9 Å². The Balaban J connectivity index is 2.02. The zero-order chi connectivity index (χ0) is 13.7. The van der Waals surface area contributed by atoms with Crippen LogP contribution >= 0.6 is 0 Å². The second kappa shape index (κ2) is 6.04. The van der Waals surface area contributed by atoms with Crippen molar-refractivity contribution in [1.82, 2.24) is 4.98 Å². The molecule has 0 unspecified atom stereocenters. The van der Waals surface area contributed by atoms with Crippen LogP contribution in [-0.2, 0) is 17.6 Å². The lowest BCUT2D eigenvalue weighted by Gasteiger charge is -1.97. The van der Waals surface area contributed by atoms with Crippen LogP contribution in [0.25, 0.3) is 0 Å². The lowest BCUT2D eigenvalue weighted by molar-refractivity contribution is 0.0521. The number of carbonyl (C=O) groups excluding carboxylic acids is 1. The van der Waals surface area contributed by atoms with Crippen LogP contribution in [0.3, 0.4) is 0 Å². The Morgan fingerprint density at radius 1 is 1.32 bits per heavy atom. The largest absolute Gasteiger partial charge is 0.461 e. The third-order valence-electron chi connectivity index (χ3n) is 2.64. The van der Waals surface area contributed by atoms with Crippen LogP contribution in [0.1, 0.15) is 28.9 Å². The zero-order valence-corrected chi connectivity index (χ0v) is 10.8. The van der Waals surface area contributed by atoms with Crippen molar-refractivity contribution in [2.75, 3.05) is 12.3 Å². The first-order valence-corrected chi connectivity index (χ1v) is 6.17. The van der Waals surface area contributed by atoms with E-state index < -0.39 is 5.97 Å². The minimum atomic E-state index is -0.547. The molecule has 0 spiro atoms. The van der Waals surface area contributed by atoms with E-state index >= 15 is 0 Å². The molecule has 1 aromatic heterocycles. The first-order chi connectivity index (χ1) is 9.20. The number of nitrogens with two attached hydrogens (primary N) is 1. The van der Waals surface area contributed by atoms with Gasteiger partial charge in [0.1, 0.15) is 0 Å². The molecule has 0 saturated carbocycles. The molecular weight excluding hydrogens is 244 g/mol. The fourth-order valence-electron chi connectivity index (χ4n) is 1.73. The molecule has 0 fully saturated rings. The number of hydrogen-bond acceptors (Lipinski definition) is 5. The predicted molar refractivity (Wildman–Crippen MR) is 70.7 cm³/mol. The SMILES string of the molecule is CCOC(=O)c1nc(CCc2ccccc2)oc1N. The maximum Gasteiger partial charge on any atom is 0.362 e. The van der Waals surface area contributed by atoms with E-state index in [9.17, 15) is 4.79 Å². The van der Waals surface area contributed by atoms with Gasteiger partial charge < -0.3 is 14.9 Å². The minimum absolute atomic E-state index is 0.0153. The molecule has 100 valence electrons. The highest BCUT2D eigenvalue weighted by atomic mass is 16.5. The monoisotopic (exact) mass is 260 g/mol. The molecule has 19 heavy (non-hydrogen) atoms. The Hall–Kier alpha value is -2.30. The van der Waals surface area contributed by atoms with Crippen molar-refractivity contribution in [2.24, 2.45) is 0 Å². The second-order valence-corrected chi connectivity index (χ2v) is 4.03. The van der Waals surface area contributed by atoms with E-state index in [4.69, 9.17) is 14.9 Å². The first-order valence-electron chi connectivity index (χ1n) is 6.17. The van der Waals surface area contributed by atoms with Crippen LogP contribution in [0.4, 0.5) is 5.88 Å². The molecule has 2 N–H and O–H groups in total. The van der Waals surface area contributed by atoms with Crippen LogP contribution in [0, 0.1) is 0 Å². The van der Waals surface area contributed by atoms with Gasteiger partial charge in [-0.2, -0.15) is 0 Å². The molecule has 0 atom stereocenters. The fraction of sp³-hybridized carbons (Fsp3) is 0.286. The summed E-state index contributed by atoms with van der Waals surface area (Å²) in [7, 11) is 0. The molecule has 0 aliphatic heterocycles. The standard InChI is InChI=1S/C14H16N2O3/c1-2-18-14(17)12-13(15)19-11(16-12)9-8-10-6-4-3-5-7-10/h3-7H,2,8-9,15H2,1H3. The van der Waals surface area contributed by atoms with Gasteiger partial charge in [-0.15, -0.1) is 0 Å². The van der Waals surface area contributed by atoms with Gasteiger partial charge in [-0.1, -0.05) is 30.3 Å². The van der Waals surface area contributed by atoms with E-state index in [-0.39, 0.29) is 18.2 Å². The van der Waals surface area contributed by atoms with Crippen LogP contribution in [-0.4, -0.2) is 17.6 Å². The Bertz CT molecular complexity index is 549. The molecular formula is C14H16N2O3. The number of aryl methyl sites for hydroxylation is 2. The average Bonchev–Trinajstić information content (AvgIpc) is 2.79. The molecule has 0 amide bonds. The second-order valence-electron chi connectivity index (χ2n) is 4.03. The topological polar surface area (TPSA) is 78.3 Å². The highest BCUT2D eigenvalue weighted by Gasteiger charge is 2.18. The van der Waals surface area contributed by atoms with Gasteiger partial charge in [0.05, 0.1) is 6.61 Å². The van der Waals surface area contributed by atoms with E-state index in [2.05, 4.69) is 4.98 Å². The summed E-state index contributed by atoms with van der Waals surface area (Å²) in [5.74, 6) is -0.0828. The first kappa shape index (κ1) is 13.1. The Kier molecular flexibility index (Phi) is 4.18. The molecule has 0 bridgehead atoms. The predicted octanol–water partition coefficient (Wildman–Crippen LogP) is 2.22.